The minimum Gasteiger partial charge on any atom is -0.235 e. The van der Waals surface area contributed by atoms with Gasteiger partial charge in [-0.3, -0.25) is 0 Å². The normalized spacial score (nSPS) is 10.5. The highest BCUT2D eigenvalue weighted by Crippen LogP contribution is 2.02. The van der Waals surface area contributed by atoms with E-state index in [2.05, 4.69) is 11.5 Å². The molecule has 1 aromatic heterocycles. The largest absolute Gasteiger partial charge is 0.244 e. The molecule has 0 fully saturated rings. The molecule has 11 heavy (non-hydrogen) atoms. The summed E-state index contributed by atoms with van der Waals surface area (Å²) in [4.78, 5) is 0. The number of unbranched alkanes of at least 4 members (excludes halogenated alkanes) is 1. The smallest absolute Gasteiger partial charge is 0.235 e. The third-order valence-electron chi connectivity index (χ3n) is 1.70. The number of halogens is 1. The summed E-state index contributed by atoms with van der Waals surface area (Å²) in [6.45, 7) is 3.25. The minimum absolute atomic E-state index is 0.793. The number of aryl methyl sites for hydroxylation is 2. The Morgan fingerprint density at radius 3 is 2.82 bits per heavy atom. The quantitative estimate of drug-likeness (QED) is 0.617. The summed E-state index contributed by atoms with van der Waals surface area (Å²) < 4.78 is 4.03. The van der Waals surface area contributed by atoms with E-state index in [1.54, 1.807) is 0 Å². The van der Waals surface area contributed by atoms with Gasteiger partial charge < -0.3 is 0 Å². The molecule has 1 heterocycles. The zero-order valence-electron chi connectivity index (χ0n) is 7.05. The van der Waals surface area contributed by atoms with Crippen LogP contribution >= 0.6 is 11.6 Å². The molecule has 0 bridgehead atoms. The monoisotopic (exact) mass is 173 g/mol. The Kier molecular flexibility index (Phi) is 2.94. The topological polar surface area (TPSA) is 8.81 Å². The van der Waals surface area contributed by atoms with E-state index in [-0.39, 0.29) is 0 Å². The van der Waals surface area contributed by atoms with E-state index in [0.29, 0.717) is 0 Å². The average Bonchev–Trinajstić information content (AvgIpc) is 2.28. The van der Waals surface area contributed by atoms with Gasteiger partial charge in [-0.15, -0.1) is 0 Å². The third kappa shape index (κ3) is 2.22. The Labute approximate surface area is 72.4 Å². The molecule has 0 radical (unpaired) electrons. The number of hydrogen-bond donors (Lipinski definition) is 0. The Hall–Kier alpha value is -0.500. The van der Waals surface area contributed by atoms with Gasteiger partial charge in [0.1, 0.15) is 6.20 Å². The van der Waals surface area contributed by atoms with Crippen molar-refractivity contribution in [3.8, 4) is 0 Å². The summed E-state index contributed by atoms with van der Waals surface area (Å²) in [6, 6.07) is 0. The zero-order valence-corrected chi connectivity index (χ0v) is 7.80. The van der Waals surface area contributed by atoms with Crippen molar-refractivity contribution in [3.05, 3.63) is 17.7 Å². The molecular formula is C8H14ClN2+. The van der Waals surface area contributed by atoms with Crippen molar-refractivity contribution in [2.24, 2.45) is 7.05 Å². The number of hydrogen-bond acceptors (Lipinski definition) is 0. The van der Waals surface area contributed by atoms with E-state index in [9.17, 15) is 0 Å². The first kappa shape index (κ1) is 8.60. The van der Waals surface area contributed by atoms with Crippen molar-refractivity contribution < 1.29 is 4.57 Å². The molecule has 0 aliphatic heterocycles. The molecule has 0 spiro atoms. The van der Waals surface area contributed by atoms with Gasteiger partial charge in [-0.2, -0.15) is 0 Å². The van der Waals surface area contributed by atoms with Crippen LogP contribution in [0.15, 0.2) is 12.5 Å². The summed E-state index contributed by atoms with van der Waals surface area (Å²) in [7, 11) is 1.95. The van der Waals surface area contributed by atoms with Crippen LogP contribution in [0, 0.1) is 0 Å². The van der Waals surface area contributed by atoms with Crippen molar-refractivity contribution in [2.75, 3.05) is 0 Å². The molecule has 0 saturated carbocycles. The lowest BCUT2D eigenvalue weighted by atomic mass is 10.3. The zero-order chi connectivity index (χ0) is 8.27. The van der Waals surface area contributed by atoms with E-state index < -0.39 is 0 Å². The highest BCUT2D eigenvalue weighted by molar-refractivity contribution is 6.29. The van der Waals surface area contributed by atoms with Gasteiger partial charge in [0, 0.05) is 0 Å². The molecule has 0 aliphatic rings. The van der Waals surface area contributed by atoms with Gasteiger partial charge in [0.15, 0.2) is 0 Å². The van der Waals surface area contributed by atoms with Crippen LogP contribution in [0.25, 0.3) is 0 Å². The standard InChI is InChI=1S/C8H14ClN2/c1-3-4-5-11-6-8(9)10(2)7-11/h6-7H,3-5H2,1-2H3/q+1. The molecule has 3 heteroatoms. The van der Waals surface area contributed by atoms with E-state index in [0.717, 1.165) is 11.7 Å². The van der Waals surface area contributed by atoms with Crippen LogP contribution in [0.1, 0.15) is 19.8 Å². The van der Waals surface area contributed by atoms with Gasteiger partial charge in [0.2, 0.25) is 11.5 Å². The van der Waals surface area contributed by atoms with E-state index in [1.165, 1.54) is 12.8 Å². The first-order valence-corrected chi connectivity index (χ1v) is 4.32. The first-order chi connectivity index (χ1) is 5.24. The fraction of sp³-hybridized carbons (Fsp3) is 0.625. The van der Waals surface area contributed by atoms with Crippen LogP contribution in [0.3, 0.4) is 0 Å². The van der Waals surface area contributed by atoms with Gasteiger partial charge in [-0.1, -0.05) is 13.3 Å². The van der Waals surface area contributed by atoms with Crippen LogP contribution < -0.4 is 4.57 Å². The van der Waals surface area contributed by atoms with Crippen molar-refractivity contribution in [2.45, 2.75) is 26.3 Å². The van der Waals surface area contributed by atoms with Gasteiger partial charge in [-0.25, -0.2) is 9.13 Å². The molecule has 0 unspecified atom stereocenters. The van der Waals surface area contributed by atoms with Crippen molar-refractivity contribution >= 4 is 11.6 Å². The van der Waals surface area contributed by atoms with Crippen molar-refractivity contribution in [1.82, 2.24) is 4.57 Å². The fourth-order valence-corrected chi connectivity index (χ4v) is 1.17. The summed E-state index contributed by atoms with van der Waals surface area (Å²) >= 11 is 5.85. The summed E-state index contributed by atoms with van der Waals surface area (Å²) in [5.41, 5.74) is 0. The maximum Gasteiger partial charge on any atom is 0.244 e. The predicted molar refractivity (Wildman–Crippen MR) is 45.5 cm³/mol. The van der Waals surface area contributed by atoms with Crippen molar-refractivity contribution in [1.29, 1.82) is 0 Å². The summed E-state index contributed by atoms with van der Waals surface area (Å²) in [5, 5.41) is 0.793. The molecule has 1 rings (SSSR count). The Balaban J connectivity index is 2.58. The third-order valence-corrected chi connectivity index (χ3v) is 2.06. The van der Waals surface area contributed by atoms with Crippen LogP contribution in [0.5, 0.6) is 0 Å². The molecule has 2 nitrogen and oxygen atoms in total. The Bertz CT molecular complexity index is 210. The van der Waals surface area contributed by atoms with Crippen molar-refractivity contribution in [3.63, 3.8) is 0 Å². The number of aromatic nitrogens is 2. The first-order valence-electron chi connectivity index (χ1n) is 3.95. The SMILES string of the molecule is CCCC[n+]1cc(Cl)n(C)c1. The maximum atomic E-state index is 5.85. The number of nitrogens with zero attached hydrogens (tertiary/aromatic N) is 2. The van der Waals surface area contributed by atoms with Crippen LogP contribution in [-0.2, 0) is 13.6 Å². The molecule has 0 amide bonds. The predicted octanol–water partition coefficient (Wildman–Crippen LogP) is 1.77. The van der Waals surface area contributed by atoms with Crippen LogP contribution in [-0.4, -0.2) is 4.57 Å². The van der Waals surface area contributed by atoms with Gasteiger partial charge >= 0.3 is 0 Å². The van der Waals surface area contributed by atoms with E-state index in [4.69, 9.17) is 11.6 Å². The molecular weight excluding hydrogens is 160 g/mol. The number of rotatable bonds is 3. The lowest BCUT2D eigenvalue weighted by molar-refractivity contribution is -0.696. The molecule has 0 saturated heterocycles. The second kappa shape index (κ2) is 3.77. The molecule has 0 aromatic carbocycles. The molecule has 0 N–H and O–H groups in total. The summed E-state index contributed by atoms with van der Waals surface area (Å²) in [6.07, 6.45) is 6.40. The second-order valence-corrected chi connectivity index (χ2v) is 3.16. The second-order valence-electron chi connectivity index (χ2n) is 2.77. The Morgan fingerprint density at radius 2 is 2.36 bits per heavy atom. The van der Waals surface area contributed by atoms with Gasteiger partial charge in [0.25, 0.3) is 0 Å². The molecule has 1 aromatic rings. The van der Waals surface area contributed by atoms with Crippen LogP contribution in [0.2, 0.25) is 5.15 Å². The maximum absolute atomic E-state index is 5.85. The molecule has 0 atom stereocenters. The van der Waals surface area contributed by atoms with E-state index in [1.807, 2.05) is 24.1 Å². The summed E-state index contributed by atoms with van der Waals surface area (Å²) in [5.74, 6) is 0. The number of imidazole rings is 1. The lowest BCUT2D eigenvalue weighted by Crippen LogP contribution is -2.30. The molecule has 62 valence electrons. The highest BCUT2D eigenvalue weighted by atomic mass is 35.5. The average molecular weight is 174 g/mol. The van der Waals surface area contributed by atoms with E-state index >= 15 is 0 Å². The van der Waals surface area contributed by atoms with Crippen LogP contribution in [0.4, 0.5) is 0 Å². The highest BCUT2D eigenvalue weighted by Gasteiger charge is 2.05. The molecule has 0 aliphatic carbocycles. The Morgan fingerprint density at radius 1 is 1.64 bits per heavy atom. The minimum atomic E-state index is 0.793. The van der Waals surface area contributed by atoms with Gasteiger partial charge in [-0.05, 0) is 18.0 Å². The lowest BCUT2D eigenvalue weighted by Gasteiger charge is -1.90. The fourth-order valence-electron chi connectivity index (χ4n) is 1.00. The van der Waals surface area contributed by atoms with Gasteiger partial charge in [0.05, 0.1) is 13.6 Å².